The molecule has 5 fully saturated rings. The molecule has 36 heteroatoms. The van der Waals surface area contributed by atoms with Crippen molar-refractivity contribution in [2.24, 2.45) is 0 Å². The smallest absolute Gasteiger partial charge is 0.726 e. The molecular weight excluding hydrogens is 1410 g/mol. The van der Waals surface area contributed by atoms with Gasteiger partial charge in [0, 0.05) is 13.3 Å². The van der Waals surface area contributed by atoms with E-state index in [1.807, 2.05) is 6.08 Å². The molecule has 0 aromatic heterocycles. The van der Waals surface area contributed by atoms with Crippen LogP contribution in [0.1, 0.15) is 201 Å². The van der Waals surface area contributed by atoms with E-state index in [-0.39, 0.29) is 41.9 Å². The topological polar surface area (TPSA) is 537 Å². The second kappa shape index (κ2) is 50.1. The van der Waals surface area contributed by atoms with E-state index in [0.29, 0.717) is 12.8 Å². The zero-order chi connectivity index (χ0) is 75.8. The van der Waals surface area contributed by atoms with Gasteiger partial charge < -0.3 is 139 Å². The van der Waals surface area contributed by atoms with Gasteiger partial charge in [0.05, 0.1) is 45.2 Å². The third-order valence-corrected chi connectivity index (χ3v) is 19.8. The van der Waals surface area contributed by atoms with E-state index < -0.39 is 221 Å². The molecule has 5 heterocycles. The monoisotopic (exact) mass is 1530 g/mol. The van der Waals surface area contributed by atoms with Crippen molar-refractivity contribution in [1.82, 2.24) is 10.6 Å². The molecule has 602 valence electrons. The summed E-state index contributed by atoms with van der Waals surface area (Å²) in [5.41, 5.74) is 0. The number of allylic oxidation sites excluding steroid dienone is 1. The van der Waals surface area contributed by atoms with Gasteiger partial charge in [-0.3, -0.25) is 13.8 Å². The van der Waals surface area contributed by atoms with E-state index in [1.165, 1.54) is 109 Å². The molecule has 5 aliphatic heterocycles. The van der Waals surface area contributed by atoms with E-state index in [4.69, 9.17) is 47.4 Å². The molecule has 0 aliphatic carbocycles. The molecule has 0 saturated carbocycles. The standard InChI is InChI=1S/C68H122N2O32S.Na/c1-4-6-8-10-12-14-16-18-19-21-23-25-27-29-31-33-46(77)70-40(41(76)32-30-28-26-24-22-20-17-15-13-11-9-7-5-2)38-92-65-52(82)51(81)58(45(37-74)96-65)98-67-54(84)59(48(78)42(34-71)94-67)99-64-47(69-39(3)75)50(80)57(44(36-73)95-64)97-66-55(85)60(49(79)43(35-72)93-66)100-68-56(86)61(102-103(89,90)91)53(83)62(101-68)63(87)88;/h30,32,40-45,47-62,64-68,71-74,76,78-86H,4-29,31,33-38H2,1-3H3,(H,69,75)(H,70,77)(H,87,88)(H,89,90,91);/q;+1/p-1/b32-30+;/t40-,41+,42+,43+,44+,45+,47+,48-,49-,50+,51+,52+,53-,54+,55+,56+,57+,58+,59-,60-,61-,62-,64-,65+,66-,67-,68+;/m0./s1. The van der Waals surface area contributed by atoms with Crippen molar-refractivity contribution in [2.45, 2.75) is 366 Å². The first-order valence-corrected chi connectivity index (χ1v) is 38.4. The SMILES string of the molecule is CCCCCCCCCCCCC/C=C/[C@@H](O)[C@H](CO[C@@H]1O[C@H](CO)[C@@H](O[C@@H]2O[C@H](CO)[C@H](O)[C@H](O[C@@H]3O[C@H](CO)[C@@H](O[C@@H]4O[C@H](CO)[C@H](O)[C@H](O[C@@H]5O[C@H](C(=O)O)[C@@H](O)[C@H](OS(=O)(=O)[O-])[C@H]5O)[C@H]4O)[C@H](O)[C@H]3NC(C)=O)[C@H]2O)[C@H](O)[C@H]1O)NC(=O)CCCCCCCCCCCCCCCCC.[Na+]. The Morgan fingerprint density at radius 2 is 0.856 bits per heavy atom. The van der Waals surface area contributed by atoms with Crippen LogP contribution in [-0.4, -0.2) is 306 Å². The molecule has 5 saturated heterocycles. The number of aliphatic hydroxyl groups excluding tert-OH is 14. The molecule has 34 nitrogen and oxygen atoms in total. The predicted molar refractivity (Wildman–Crippen MR) is 359 cm³/mol. The second-order valence-corrected chi connectivity index (χ2v) is 28.6. The predicted octanol–water partition coefficient (Wildman–Crippen LogP) is -3.81. The summed E-state index contributed by atoms with van der Waals surface area (Å²) in [6.07, 6.45) is -17.4. The molecule has 0 bridgehead atoms. The van der Waals surface area contributed by atoms with Crippen LogP contribution in [0.4, 0.5) is 0 Å². The summed E-state index contributed by atoms with van der Waals surface area (Å²) in [5, 5.41) is 171. The van der Waals surface area contributed by atoms with Gasteiger partial charge in [-0.2, -0.15) is 0 Å². The first-order valence-electron chi connectivity index (χ1n) is 37.1. The normalized spacial score (nSPS) is 34.7. The number of hydrogen-bond acceptors (Lipinski definition) is 31. The number of nitrogens with one attached hydrogen (secondary N) is 2. The van der Waals surface area contributed by atoms with Crippen LogP contribution < -0.4 is 40.2 Å². The molecule has 0 aromatic carbocycles. The molecule has 17 N–H and O–H groups in total. The molecule has 0 aromatic rings. The fourth-order valence-electron chi connectivity index (χ4n) is 13.4. The maximum atomic E-state index is 13.5. The summed E-state index contributed by atoms with van der Waals surface area (Å²) in [6.45, 7) is 0.750. The number of unbranched alkanes of at least 4 members (excludes halogenated alkanes) is 25. The maximum Gasteiger partial charge on any atom is 1.00 e. The summed E-state index contributed by atoms with van der Waals surface area (Å²) in [5.74, 6) is -3.24. The Balaban J connectivity index is 0.0000229. The second-order valence-electron chi connectivity index (χ2n) is 27.6. The van der Waals surface area contributed by atoms with Crippen molar-refractivity contribution < 1.29 is 185 Å². The third-order valence-electron chi connectivity index (χ3n) is 19.4. The average Bonchev–Trinajstić information content (AvgIpc) is 0.772. The van der Waals surface area contributed by atoms with Crippen LogP contribution in [0.3, 0.4) is 0 Å². The molecular formula is C68H121N2NaO32S. The minimum atomic E-state index is -5.77. The van der Waals surface area contributed by atoms with Crippen LogP contribution in [0.25, 0.3) is 0 Å². The van der Waals surface area contributed by atoms with Gasteiger partial charge in [-0.1, -0.05) is 180 Å². The Hall–Kier alpha value is -1.94. The van der Waals surface area contributed by atoms with E-state index in [0.717, 1.165) is 58.3 Å². The Labute approximate surface area is 631 Å². The van der Waals surface area contributed by atoms with Crippen LogP contribution in [0.2, 0.25) is 0 Å². The van der Waals surface area contributed by atoms with Crippen LogP contribution in [0.15, 0.2) is 12.2 Å². The third kappa shape index (κ3) is 30.3. The van der Waals surface area contributed by atoms with Gasteiger partial charge in [-0.05, 0) is 19.3 Å². The van der Waals surface area contributed by atoms with Crippen LogP contribution >= 0.6 is 0 Å². The van der Waals surface area contributed by atoms with E-state index in [2.05, 4.69) is 28.7 Å². The number of rotatable bonds is 50. The zero-order valence-corrected chi connectivity index (χ0v) is 63.5. The van der Waals surface area contributed by atoms with Crippen LogP contribution in [-0.2, 0) is 76.3 Å². The fraction of sp³-hybridized carbons (Fsp3) is 0.926. The summed E-state index contributed by atoms with van der Waals surface area (Å²) in [6, 6.07) is -2.94. The molecule has 27 atom stereocenters. The molecule has 5 aliphatic rings. The Kier molecular flexibility index (Phi) is 45.5. The number of aliphatic carboxylic acids is 1. The number of amides is 2. The van der Waals surface area contributed by atoms with Gasteiger partial charge >= 0.3 is 35.5 Å². The minimum absolute atomic E-state index is 0. The average molecular weight is 1530 g/mol. The fourth-order valence-corrected chi connectivity index (χ4v) is 13.9. The Morgan fingerprint density at radius 1 is 0.471 bits per heavy atom. The number of carbonyl (C=O) groups is 3. The van der Waals surface area contributed by atoms with Gasteiger partial charge in [0.1, 0.15) is 116 Å². The summed E-state index contributed by atoms with van der Waals surface area (Å²) in [4.78, 5) is 38.2. The Morgan fingerprint density at radius 3 is 1.29 bits per heavy atom. The van der Waals surface area contributed by atoms with E-state index in [9.17, 15) is 104 Å². The van der Waals surface area contributed by atoms with Gasteiger partial charge in [0.25, 0.3) is 0 Å². The van der Waals surface area contributed by atoms with Gasteiger partial charge in [-0.15, -0.1) is 0 Å². The number of hydrogen-bond donors (Lipinski definition) is 17. The molecule has 0 radical (unpaired) electrons. The van der Waals surface area contributed by atoms with Gasteiger partial charge in [0.2, 0.25) is 22.2 Å². The first-order chi connectivity index (χ1) is 49.2. The zero-order valence-electron chi connectivity index (χ0n) is 60.6. The maximum absolute atomic E-state index is 13.5. The minimum Gasteiger partial charge on any atom is -0.726 e. The van der Waals surface area contributed by atoms with E-state index in [1.54, 1.807) is 6.08 Å². The van der Waals surface area contributed by atoms with Crippen LogP contribution in [0, 0.1) is 0 Å². The Bertz CT molecular complexity index is 2510. The van der Waals surface area contributed by atoms with Gasteiger partial charge in [0.15, 0.2) is 37.6 Å². The largest absolute Gasteiger partial charge is 1.00 e. The summed E-state index contributed by atoms with van der Waals surface area (Å²) >= 11 is 0. The molecule has 5 rings (SSSR count). The number of aliphatic hydroxyl groups is 14. The number of carboxylic acid groups (broad SMARTS) is 1. The van der Waals surface area contributed by atoms with Crippen molar-refractivity contribution in [1.29, 1.82) is 0 Å². The van der Waals surface area contributed by atoms with Crippen molar-refractivity contribution in [3.63, 3.8) is 0 Å². The van der Waals surface area contributed by atoms with Crippen molar-refractivity contribution in [2.75, 3.05) is 33.0 Å². The molecule has 0 spiro atoms. The van der Waals surface area contributed by atoms with Crippen molar-refractivity contribution >= 4 is 28.2 Å². The molecule has 2 amide bonds. The number of ether oxygens (including phenoxy) is 10. The molecule has 104 heavy (non-hydrogen) atoms. The number of carbonyl (C=O) groups excluding carboxylic acids is 2. The van der Waals surface area contributed by atoms with E-state index >= 15 is 0 Å². The van der Waals surface area contributed by atoms with Crippen molar-refractivity contribution in [3.05, 3.63) is 12.2 Å². The summed E-state index contributed by atoms with van der Waals surface area (Å²) in [7, 11) is -5.77. The molecule has 0 unspecified atom stereocenters. The first kappa shape index (κ1) is 94.4. The number of carboxylic acids is 1. The quantitative estimate of drug-likeness (QED) is 0.00913. The van der Waals surface area contributed by atoms with Crippen LogP contribution in [0.5, 0.6) is 0 Å². The summed E-state index contributed by atoms with van der Waals surface area (Å²) < 4.78 is 96.2. The van der Waals surface area contributed by atoms with Crippen molar-refractivity contribution in [3.8, 4) is 0 Å². The van der Waals surface area contributed by atoms with Gasteiger partial charge in [-0.25, -0.2) is 13.2 Å².